The Morgan fingerprint density at radius 2 is 1.77 bits per heavy atom. The number of carbonyl (C=O) groups is 1. The van der Waals surface area contributed by atoms with Crippen molar-refractivity contribution in [1.82, 2.24) is 0 Å². The summed E-state index contributed by atoms with van der Waals surface area (Å²) < 4.78 is 33.1. The van der Waals surface area contributed by atoms with E-state index in [1.165, 1.54) is 18.2 Å². The Bertz CT molecular complexity index is 908. The average molecular weight is 415 g/mol. The Hall–Kier alpha value is -1.40. The Morgan fingerprint density at radius 1 is 1.04 bits per heavy atom. The van der Waals surface area contributed by atoms with Gasteiger partial charge in [-0.05, 0) is 42.7 Å². The van der Waals surface area contributed by atoms with E-state index in [9.17, 15) is 17.8 Å². The van der Waals surface area contributed by atoms with Crippen molar-refractivity contribution in [2.45, 2.75) is 43.9 Å². The largest absolute Gasteiger partial charge is 0.294 e. The standard InChI is InChI=1S/C19H20Cl2O4S/c1-2-3-4-5-6-13-7-8-14(11-18(13)26(23,24)25)19(22)16-12-15(20)9-10-17(16)21/h7-12H,2-6H2,1H3,(H,23,24,25). The molecule has 4 nitrogen and oxygen atoms in total. The van der Waals surface area contributed by atoms with Gasteiger partial charge in [-0.2, -0.15) is 8.42 Å². The Balaban J connectivity index is 2.39. The van der Waals surface area contributed by atoms with E-state index in [2.05, 4.69) is 6.92 Å². The molecule has 0 amide bonds. The monoisotopic (exact) mass is 414 g/mol. The van der Waals surface area contributed by atoms with E-state index in [-0.39, 0.29) is 21.0 Å². The molecule has 140 valence electrons. The van der Waals surface area contributed by atoms with Crippen molar-refractivity contribution in [3.63, 3.8) is 0 Å². The number of unbranched alkanes of at least 4 members (excludes halogenated alkanes) is 3. The molecule has 0 aliphatic heterocycles. The molecule has 0 aliphatic rings. The van der Waals surface area contributed by atoms with Gasteiger partial charge in [0.15, 0.2) is 5.78 Å². The van der Waals surface area contributed by atoms with Crippen LogP contribution in [0.15, 0.2) is 41.3 Å². The summed E-state index contributed by atoms with van der Waals surface area (Å²) >= 11 is 12.0. The molecule has 0 aromatic heterocycles. The first-order chi connectivity index (χ1) is 12.2. The van der Waals surface area contributed by atoms with Crippen LogP contribution in [-0.4, -0.2) is 18.8 Å². The van der Waals surface area contributed by atoms with Gasteiger partial charge in [-0.25, -0.2) is 0 Å². The van der Waals surface area contributed by atoms with Crippen LogP contribution in [0.1, 0.15) is 54.1 Å². The van der Waals surface area contributed by atoms with Gasteiger partial charge in [-0.3, -0.25) is 9.35 Å². The summed E-state index contributed by atoms with van der Waals surface area (Å²) in [7, 11) is -4.44. The quantitative estimate of drug-likeness (QED) is 0.346. The first-order valence-electron chi connectivity index (χ1n) is 8.34. The topological polar surface area (TPSA) is 71.4 Å². The summed E-state index contributed by atoms with van der Waals surface area (Å²) in [5.74, 6) is -0.458. The van der Waals surface area contributed by atoms with Gasteiger partial charge in [0.25, 0.3) is 10.1 Å². The predicted molar refractivity (Wildman–Crippen MR) is 104 cm³/mol. The molecule has 7 heteroatoms. The third kappa shape index (κ3) is 5.30. The smallest absolute Gasteiger partial charge is 0.289 e. The molecule has 0 atom stereocenters. The molecule has 0 bridgehead atoms. The lowest BCUT2D eigenvalue weighted by Gasteiger charge is -2.10. The van der Waals surface area contributed by atoms with Crippen LogP contribution in [-0.2, 0) is 16.5 Å². The minimum atomic E-state index is -4.44. The van der Waals surface area contributed by atoms with Gasteiger partial charge in [0, 0.05) is 16.1 Å². The highest BCUT2D eigenvalue weighted by Crippen LogP contribution is 2.26. The van der Waals surface area contributed by atoms with Crippen molar-refractivity contribution < 1.29 is 17.8 Å². The third-order valence-corrected chi connectivity index (χ3v) is 5.58. The second kappa shape index (κ2) is 9.00. The van der Waals surface area contributed by atoms with Crippen LogP contribution in [0.3, 0.4) is 0 Å². The highest BCUT2D eigenvalue weighted by atomic mass is 35.5. The van der Waals surface area contributed by atoms with Crippen molar-refractivity contribution in [3.8, 4) is 0 Å². The van der Waals surface area contributed by atoms with E-state index < -0.39 is 15.9 Å². The lowest BCUT2D eigenvalue weighted by atomic mass is 9.99. The Labute approximate surface area is 163 Å². The maximum Gasteiger partial charge on any atom is 0.294 e. The predicted octanol–water partition coefficient (Wildman–Crippen LogP) is 5.59. The molecular formula is C19H20Cl2O4S. The number of ketones is 1. The number of hydrogen-bond acceptors (Lipinski definition) is 3. The molecule has 0 spiro atoms. The van der Waals surface area contributed by atoms with Gasteiger partial charge in [0.1, 0.15) is 0 Å². The van der Waals surface area contributed by atoms with Crippen LogP contribution in [0.5, 0.6) is 0 Å². The summed E-state index contributed by atoms with van der Waals surface area (Å²) in [5.41, 5.74) is 0.799. The summed E-state index contributed by atoms with van der Waals surface area (Å²) in [6.45, 7) is 2.09. The van der Waals surface area contributed by atoms with Gasteiger partial charge >= 0.3 is 0 Å². The Morgan fingerprint density at radius 3 is 2.42 bits per heavy atom. The SMILES string of the molecule is CCCCCCc1ccc(C(=O)c2cc(Cl)ccc2Cl)cc1S(=O)(=O)O. The van der Waals surface area contributed by atoms with E-state index in [0.717, 1.165) is 25.7 Å². The molecule has 0 saturated carbocycles. The molecule has 0 heterocycles. The van der Waals surface area contributed by atoms with E-state index in [4.69, 9.17) is 23.2 Å². The minimum absolute atomic E-state index is 0.124. The normalized spacial score (nSPS) is 11.5. The van der Waals surface area contributed by atoms with Gasteiger partial charge in [-0.15, -0.1) is 0 Å². The molecule has 26 heavy (non-hydrogen) atoms. The van der Waals surface area contributed by atoms with E-state index >= 15 is 0 Å². The molecule has 1 N–H and O–H groups in total. The zero-order valence-electron chi connectivity index (χ0n) is 14.3. The van der Waals surface area contributed by atoms with Crippen molar-refractivity contribution in [2.24, 2.45) is 0 Å². The zero-order chi connectivity index (χ0) is 19.3. The van der Waals surface area contributed by atoms with Crippen LogP contribution in [0.4, 0.5) is 0 Å². The van der Waals surface area contributed by atoms with Crippen LogP contribution in [0.25, 0.3) is 0 Å². The maximum atomic E-state index is 12.7. The zero-order valence-corrected chi connectivity index (χ0v) is 16.7. The fraction of sp³-hybridized carbons (Fsp3) is 0.316. The molecule has 0 saturated heterocycles. The first kappa shape index (κ1) is 20.9. The average Bonchev–Trinajstić information content (AvgIpc) is 2.59. The van der Waals surface area contributed by atoms with Crippen LogP contribution < -0.4 is 0 Å². The first-order valence-corrected chi connectivity index (χ1v) is 10.5. The number of hydrogen-bond donors (Lipinski definition) is 1. The molecule has 2 rings (SSSR count). The lowest BCUT2D eigenvalue weighted by molar-refractivity contribution is 0.103. The van der Waals surface area contributed by atoms with E-state index in [0.29, 0.717) is 17.0 Å². The lowest BCUT2D eigenvalue weighted by Crippen LogP contribution is -2.08. The molecule has 0 aliphatic carbocycles. The summed E-state index contributed by atoms with van der Waals surface area (Å²) in [6, 6.07) is 8.80. The number of benzene rings is 2. The summed E-state index contributed by atoms with van der Waals surface area (Å²) in [6.07, 6.45) is 4.43. The molecule has 2 aromatic carbocycles. The van der Waals surface area contributed by atoms with Crippen molar-refractivity contribution >= 4 is 39.1 Å². The molecular weight excluding hydrogens is 395 g/mol. The van der Waals surface area contributed by atoms with Gasteiger partial charge in [-0.1, -0.05) is 61.5 Å². The van der Waals surface area contributed by atoms with E-state index in [1.807, 2.05) is 0 Å². The van der Waals surface area contributed by atoms with Crippen molar-refractivity contribution in [2.75, 3.05) is 0 Å². The van der Waals surface area contributed by atoms with Crippen molar-refractivity contribution in [1.29, 1.82) is 0 Å². The summed E-state index contributed by atoms with van der Waals surface area (Å²) in [5, 5.41) is 0.566. The van der Waals surface area contributed by atoms with Gasteiger partial charge in [0.05, 0.1) is 9.92 Å². The van der Waals surface area contributed by atoms with Crippen LogP contribution in [0.2, 0.25) is 10.0 Å². The second-order valence-corrected chi connectivity index (χ2v) is 8.30. The van der Waals surface area contributed by atoms with Gasteiger partial charge < -0.3 is 0 Å². The second-order valence-electron chi connectivity index (χ2n) is 6.06. The molecule has 0 unspecified atom stereocenters. The Kier molecular flexibility index (Phi) is 7.24. The number of aryl methyl sites for hydroxylation is 1. The molecule has 0 fully saturated rings. The fourth-order valence-electron chi connectivity index (χ4n) is 2.71. The third-order valence-electron chi connectivity index (χ3n) is 4.08. The molecule has 0 radical (unpaired) electrons. The number of rotatable bonds is 8. The van der Waals surface area contributed by atoms with Gasteiger partial charge in [0.2, 0.25) is 0 Å². The van der Waals surface area contributed by atoms with Crippen LogP contribution in [0, 0.1) is 0 Å². The summed E-state index contributed by atoms with van der Waals surface area (Å²) in [4.78, 5) is 12.5. The highest BCUT2D eigenvalue weighted by molar-refractivity contribution is 7.85. The highest BCUT2D eigenvalue weighted by Gasteiger charge is 2.20. The maximum absolute atomic E-state index is 12.7. The van der Waals surface area contributed by atoms with Crippen molar-refractivity contribution in [3.05, 3.63) is 63.1 Å². The number of carbonyl (C=O) groups excluding carboxylic acids is 1. The molecule has 2 aromatic rings. The van der Waals surface area contributed by atoms with E-state index in [1.54, 1.807) is 18.2 Å². The minimum Gasteiger partial charge on any atom is -0.289 e. The number of halogens is 2. The fourth-order valence-corrected chi connectivity index (χ4v) is 3.86. The van der Waals surface area contributed by atoms with Crippen LogP contribution >= 0.6 is 23.2 Å².